The highest BCUT2D eigenvalue weighted by molar-refractivity contribution is 5.79. The number of aromatic nitrogens is 4. The lowest BCUT2D eigenvalue weighted by molar-refractivity contribution is -0.138. The lowest BCUT2D eigenvalue weighted by atomic mass is 9.92. The Bertz CT molecular complexity index is 1720. The van der Waals surface area contributed by atoms with Crippen LogP contribution in [0.5, 0.6) is 0 Å². The summed E-state index contributed by atoms with van der Waals surface area (Å²) in [4.78, 5) is 31.5. The number of alkyl halides is 2. The highest BCUT2D eigenvalue weighted by Crippen LogP contribution is 2.43. The van der Waals surface area contributed by atoms with Gasteiger partial charge in [-0.05, 0) is 80.8 Å². The highest BCUT2D eigenvalue weighted by Gasteiger charge is 2.35. The number of nitrogens with one attached hydrogen (secondary N) is 2. The van der Waals surface area contributed by atoms with E-state index in [1.54, 1.807) is 42.1 Å². The molecule has 2 N–H and O–H groups in total. The summed E-state index contributed by atoms with van der Waals surface area (Å²) < 4.78 is 44.5. The van der Waals surface area contributed by atoms with Crippen molar-refractivity contribution in [1.29, 1.82) is 0 Å². The average Bonchev–Trinajstić information content (AvgIpc) is 3.82. The van der Waals surface area contributed by atoms with Crippen LogP contribution in [-0.2, 0) is 40.7 Å². The molecule has 2 fully saturated rings. The maximum absolute atomic E-state index is 14.6. The number of benzene rings is 1. The van der Waals surface area contributed by atoms with Crippen molar-refractivity contribution < 1.29 is 27.8 Å². The summed E-state index contributed by atoms with van der Waals surface area (Å²) in [7, 11) is 3.40. The van der Waals surface area contributed by atoms with E-state index in [1.165, 1.54) is 0 Å². The molecule has 0 atom stereocenters. The van der Waals surface area contributed by atoms with Crippen LogP contribution in [0.15, 0.2) is 24.5 Å². The zero-order valence-corrected chi connectivity index (χ0v) is 32.3. The largest absolute Gasteiger partial charge is 0.379 e. The van der Waals surface area contributed by atoms with Crippen molar-refractivity contribution in [1.82, 2.24) is 40.0 Å². The second-order valence-corrected chi connectivity index (χ2v) is 14.4. The van der Waals surface area contributed by atoms with E-state index in [0.29, 0.717) is 75.2 Å². The maximum Gasteiger partial charge on any atom is 0.317 e. The molecule has 1 aromatic carbocycles. The fourth-order valence-electron chi connectivity index (χ4n) is 8.17. The van der Waals surface area contributed by atoms with E-state index < -0.39 is 6.43 Å². The molecule has 2 aromatic heterocycles. The van der Waals surface area contributed by atoms with E-state index in [9.17, 15) is 18.4 Å². The lowest BCUT2D eigenvalue weighted by Gasteiger charge is -2.34. The Morgan fingerprint density at radius 3 is 2.46 bits per heavy atom. The first-order valence-electron chi connectivity index (χ1n) is 19.7. The molecule has 3 aromatic rings. The fourth-order valence-corrected chi connectivity index (χ4v) is 8.17. The number of likely N-dealkylation sites (tertiary alicyclic amines) is 1. The van der Waals surface area contributed by atoms with Gasteiger partial charge in [-0.2, -0.15) is 10.2 Å². The molecule has 0 saturated carbocycles. The number of aryl methyl sites for hydroxylation is 2. The summed E-state index contributed by atoms with van der Waals surface area (Å²) in [5.74, 6) is 1.29. The standard InChI is InChI=1S/C37H51F2N9O4.C2H6/c1-40-37(50)46-15-9-32-31(22-46)36(47-12-3-4-26-18-29(27-20-42-44(2)21-27)30(35(38)39)19-33(26)47)43-48(32)28-7-13-45(14-8-28)34(49)24-52-17-16-51-23-25-5-10-41-11-6-25;1-2/h18-21,25,28,35,41H,3-17,22-24H2,1-2H3,(H,40,50);1-2H3. The second-order valence-electron chi connectivity index (χ2n) is 14.4. The predicted molar refractivity (Wildman–Crippen MR) is 203 cm³/mol. The first-order chi connectivity index (χ1) is 26.3. The molecule has 54 heavy (non-hydrogen) atoms. The first-order valence-corrected chi connectivity index (χ1v) is 19.7. The van der Waals surface area contributed by atoms with Crippen molar-refractivity contribution in [2.45, 2.75) is 77.8 Å². The van der Waals surface area contributed by atoms with Crippen molar-refractivity contribution in [2.24, 2.45) is 13.0 Å². The molecule has 7 rings (SSSR count). The number of piperidine rings is 2. The minimum atomic E-state index is -2.67. The number of ether oxygens (including phenoxy) is 2. The third-order valence-corrected chi connectivity index (χ3v) is 11.0. The zero-order valence-electron chi connectivity index (χ0n) is 32.3. The molecule has 0 unspecified atom stereocenters. The third-order valence-electron chi connectivity index (χ3n) is 11.0. The number of hydrogen-bond donors (Lipinski definition) is 2. The number of carbonyl (C=O) groups is 2. The SMILES string of the molecule is CC.CNC(=O)N1CCc2c(c(N3CCCc4cc(-c5cnn(C)c5)c(C(F)F)cc43)nn2C2CCN(C(=O)COCCOCC3CCNCC3)CC2)C1. The van der Waals surface area contributed by atoms with Crippen LogP contribution in [-0.4, -0.2) is 114 Å². The number of carbonyl (C=O) groups excluding carboxylic acids is 2. The van der Waals surface area contributed by atoms with Crippen molar-refractivity contribution in [3.8, 4) is 11.1 Å². The van der Waals surface area contributed by atoms with Gasteiger partial charge in [0, 0.05) is 87.6 Å². The van der Waals surface area contributed by atoms with E-state index in [-0.39, 0.29) is 30.2 Å². The molecule has 0 aliphatic carbocycles. The summed E-state index contributed by atoms with van der Waals surface area (Å²) in [6.07, 6.45) is 6.68. The molecule has 0 spiro atoms. The molecule has 13 nitrogen and oxygen atoms in total. The van der Waals surface area contributed by atoms with Crippen LogP contribution in [0.25, 0.3) is 11.1 Å². The van der Waals surface area contributed by atoms with Gasteiger partial charge in [-0.3, -0.25) is 14.2 Å². The number of fused-ring (bicyclic) bond motifs is 2. The highest BCUT2D eigenvalue weighted by atomic mass is 19.3. The van der Waals surface area contributed by atoms with Crippen molar-refractivity contribution in [3.63, 3.8) is 0 Å². The molecule has 3 amide bonds. The van der Waals surface area contributed by atoms with Gasteiger partial charge in [0.25, 0.3) is 6.43 Å². The molecule has 296 valence electrons. The van der Waals surface area contributed by atoms with Gasteiger partial charge in [-0.15, -0.1) is 0 Å². The topological polar surface area (TPSA) is 122 Å². The molecule has 2 saturated heterocycles. The Kier molecular flexibility index (Phi) is 13.6. The van der Waals surface area contributed by atoms with Gasteiger partial charge in [0.15, 0.2) is 5.82 Å². The molecule has 0 bridgehead atoms. The number of rotatable bonds is 11. The minimum absolute atomic E-state index is 0.0216. The zero-order chi connectivity index (χ0) is 38.2. The van der Waals surface area contributed by atoms with Crippen LogP contribution in [0.1, 0.15) is 80.8 Å². The van der Waals surface area contributed by atoms with Crippen LogP contribution in [0.3, 0.4) is 0 Å². The van der Waals surface area contributed by atoms with Gasteiger partial charge in [-0.25, -0.2) is 13.6 Å². The van der Waals surface area contributed by atoms with Crippen molar-refractivity contribution in [2.75, 3.05) is 77.6 Å². The van der Waals surface area contributed by atoms with Gasteiger partial charge in [-0.1, -0.05) is 13.8 Å². The van der Waals surface area contributed by atoms with Gasteiger partial charge in [0.05, 0.1) is 32.0 Å². The molecule has 0 radical (unpaired) electrons. The smallest absolute Gasteiger partial charge is 0.317 e. The van der Waals surface area contributed by atoms with Crippen molar-refractivity contribution in [3.05, 3.63) is 46.9 Å². The molecule has 6 heterocycles. The Morgan fingerprint density at radius 2 is 1.76 bits per heavy atom. The fraction of sp³-hybridized carbons (Fsp3) is 0.641. The third kappa shape index (κ3) is 8.89. The van der Waals surface area contributed by atoms with E-state index in [0.717, 1.165) is 80.7 Å². The van der Waals surface area contributed by atoms with Crippen molar-refractivity contribution >= 4 is 23.4 Å². The van der Waals surface area contributed by atoms with Crippen LogP contribution < -0.4 is 15.5 Å². The van der Waals surface area contributed by atoms with E-state index in [1.807, 2.05) is 24.8 Å². The molecular weight excluding hydrogens is 696 g/mol. The van der Waals surface area contributed by atoms with Crippen LogP contribution >= 0.6 is 0 Å². The van der Waals surface area contributed by atoms with Gasteiger partial charge >= 0.3 is 6.03 Å². The Labute approximate surface area is 317 Å². The van der Waals surface area contributed by atoms with Crippen LogP contribution in [0.2, 0.25) is 0 Å². The van der Waals surface area contributed by atoms with Crippen LogP contribution in [0.4, 0.5) is 25.1 Å². The van der Waals surface area contributed by atoms with E-state index >= 15 is 0 Å². The van der Waals surface area contributed by atoms with Gasteiger partial charge in [0.2, 0.25) is 5.91 Å². The van der Waals surface area contributed by atoms with Gasteiger partial charge < -0.3 is 34.8 Å². The molecule has 4 aliphatic heterocycles. The number of anilines is 2. The number of urea groups is 1. The summed E-state index contributed by atoms with van der Waals surface area (Å²) in [6, 6.07) is 3.42. The van der Waals surface area contributed by atoms with E-state index in [2.05, 4.69) is 25.3 Å². The quantitative estimate of drug-likeness (QED) is 0.256. The summed E-state index contributed by atoms with van der Waals surface area (Å²) in [6.45, 7) is 10.5. The second kappa shape index (κ2) is 18.5. The summed E-state index contributed by atoms with van der Waals surface area (Å²) in [5.41, 5.74) is 4.86. The van der Waals surface area contributed by atoms with E-state index in [4.69, 9.17) is 14.6 Å². The number of amides is 3. The Balaban J connectivity index is 0.00000245. The first kappa shape index (κ1) is 39.6. The lowest BCUT2D eigenvalue weighted by Crippen LogP contribution is -2.43. The summed E-state index contributed by atoms with van der Waals surface area (Å²) in [5, 5.41) is 15.6. The Morgan fingerprint density at radius 1 is 1.00 bits per heavy atom. The monoisotopic (exact) mass is 753 g/mol. The number of hydrogen-bond acceptors (Lipinski definition) is 8. The predicted octanol–water partition coefficient (Wildman–Crippen LogP) is 5.23. The molecule has 15 heteroatoms. The maximum atomic E-state index is 14.6. The number of nitrogens with zero attached hydrogens (tertiary/aromatic N) is 7. The molecule has 4 aliphatic rings. The number of halogens is 2. The Hall–Kier alpha value is -4.08. The normalized spacial score (nSPS) is 17.9. The van der Waals surface area contributed by atoms with Crippen LogP contribution in [0, 0.1) is 5.92 Å². The molecular formula is C39H57F2N9O4. The summed E-state index contributed by atoms with van der Waals surface area (Å²) >= 11 is 0. The average molecular weight is 754 g/mol. The van der Waals surface area contributed by atoms with Gasteiger partial charge in [0.1, 0.15) is 6.61 Å². The minimum Gasteiger partial charge on any atom is -0.379 e.